The maximum absolute atomic E-state index is 11.5. The highest BCUT2D eigenvalue weighted by atomic mass is 16.5. The average Bonchev–Trinajstić information content (AvgIpc) is 2.34. The zero-order chi connectivity index (χ0) is 14.9. The van der Waals surface area contributed by atoms with E-state index in [0.717, 1.165) is 25.8 Å². The molecule has 0 saturated carbocycles. The van der Waals surface area contributed by atoms with Crippen molar-refractivity contribution >= 4 is 11.9 Å². The van der Waals surface area contributed by atoms with Crippen molar-refractivity contribution in [3.05, 3.63) is 12.7 Å². The second-order valence-electron chi connectivity index (χ2n) is 5.62. The predicted octanol–water partition coefficient (Wildman–Crippen LogP) is 2.78. The van der Waals surface area contributed by atoms with E-state index in [4.69, 9.17) is 4.74 Å². The number of hydrogen-bond donors (Lipinski definition) is 0. The molecule has 0 N–H and O–H groups in total. The predicted molar refractivity (Wildman–Crippen MR) is 76.7 cm³/mol. The summed E-state index contributed by atoms with van der Waals surface area (Å²) in [6.07, 6.45) is 3.87. The van der Waals surface area contributed by atoms with Crippen LogP contribution < -0.4 is 0 Å². The number of rotatable bonds is 8. The van der Waals surface area contributed by atoms with Crippen molar-refractivity contribution in [2.45, 2.75) is 47.0 Å². The second-order valence-corrected chi connectivity index (χ2v) is 5.62. The Hall–Kier alpha value is -1.32. The van der Waals surface area contributed by atoms with E-state index in [9.17, 15) is 9.59 Å². The minimum Gasteiger partial charge on any atom is -0.465 e. The molecule has 0 aromatic carbocycles. The molecule has 0 aromatic heterocycles. The molecule has 0 aromatic rings. The third-order valence-electron chi connectivity index (χ3n) is 2.65. The van der Waals surface area contributed by atoms with Crippen LogP contribution in [0.5, 0.6) is 0 Å². The number of amides is 1. The number of carbonyl (C=O) groups excluding carboxylic acids is 2. The first-order valence-electron chi connectivity index (χ1n) is 6.91. The lowest BCUT2D eigenvalue weighted by molar-refractivity contribution is -0.153. The second kappa shape index (κ2) is 8.73. The van der Waals surface area contributed by atoms with Gasteiger partial charge in [0.25, 0.3) is 0 Å². The zero-order valence-electron chi connectivity index (χ0n) is 12.7. The van der Waals surface area contributed by atoms with Crippen molar-refractivity contribution in [1.29, 1.82) is 0 Å². The molecule has 0 spiro atoms. The summed E-state index contributed by atoms with van der Waals surface area (Å²) in [4.78, 5) is 24.8. The molecule has 0 rings (SSSR count). The van der Waals surface area contributed by atoms with Crippen molar-refractivity contribution in [2.75, 3.05) is 19.7 Å². The number of carbonyl (C=O) groups is 2. The highest BCUT2D eigenvalue weighted by Crippen LogP contribution is 2.15. The van der Waals surface area contributed by atoms with Gasteiger partial charge in [0.2, 0.25) is 5.91 Å². The summed E-state index contributed by atoms with van der Waals surface area (Å²) in [5, 5.41) is 0. The molecular formula is C15H27NO3. The van der Waals surface area contributed by atoms with Gasteiger partial charge in [-0.2, -0.15) is 0 Å². The van der Waals surface area contributed by atoms with Crippen LogP contribution in [0.15, 0.2) is 12.7 Å². The molecule has 1 amide bonds. The molecule has 0 bridgehead atoms. The Bertz CT molecular complexity index is 305. The molecule has 0 fully saturated rings. The fourth-order valence-corrected chi connectivity index (χ4v) is 1.52. The van der Waals surface area contributed by atoms with Crippen LogP contribution in [0.25, 0.3) is 0 Å². The maximum atomic E-state index is 11.5. The van der Waals surface area contributed by atoms with Crippen LogP contribution in [-0.2, 0) is 14.3 Å². The van der Waals surface area contributed by atoms with Crippen LogP contribution >= 0.6 is 0 Å². The van der Waals surface area contributed by atoms with Gasteiger partial charge in [-0.3, -0.25) is 9.59 Å². The molecule has 4 nitrogen and oxygen atoms in total. The molecule has 0 heterocycles. The smallest absolute Gasteiger partial charge is 0.311 e. The maximum Gasteiger partial charge on any atom is 0.311 e. The summed E-state index contributed by atoms with van der Waals surface area (Å²) in [7, 11) is 0. The third kappa shape index (κ3) is 7.65. The number of hydrogen-bond acceptors (Lipinski definition) is 3. The molecule has 0 saturated heterocycles. The average molecular weight is 269 g/mol. The van der Waals surface area contributed by atoms with E-state index >= 15 is 0 Å². The van der Waals surface area contributed by atoms with Crippen LogP contribution in [0.2, 0.25) is 0 Å². The first kappa shape index (κ1) is 17.7. The third-order valence-corrected chi connectivity index (χ3v) is 2.65. The van der Waals surface area contributed by atoms with E-state index in [1.165, 1.54) is 6.08 Å². The Labute approximate surface area is 116 Å². The van der Waals surface area contributed by atoms with Gasteiger partial charge in [0, 0.05) is 13.1 Å². The largest absolute Gasteiger partial charge is 0.465 e. The quantitative estimate of drug-likeness (QED) is 0.387. The van der Waals surface area contributed by atoms with Gasteiger partial charge in [-0.25, -0.2) is 0 Å². The monoisotopic (exact) mass is 269 g/mol. The lowest BCUT2D eigenvalue weighted by atomic mass is 9.97. The summed E-state index contributed by atoms with van der Waals surface area (Å²) in [5.41, 5.74) is -0.451. The zero-order valence-corrected chi connectivity index (χ0v) is 12.7. The Morgan fingerprint density at radius 3 is 2.32 bits per heavy atom. The van der Waals surface area contributed by atoms with Crippen molar-refractivity contribution in [1.82, 2.24) is 4.90 Å². The van der Waals surface area contributed by atoms with E-state index in [1.54, 1.807) is 4.90 Å². The number of nitrogens with zero attached hydrogens (tertiary/aromatic N) is 1. The number of unbranched alkanes of at least 4 members (excludes halogenated alkanes) is 1. The van der Waals surface area contributed by atoms with Crippen molar-refractivity contribution in [3.63, 3.8) is 0 Å². The van der Waals surface area contributed by atoms with Gasteiger partial charge in [-0.05, 0) is 46.1 Å². The van der Waals surface area contributed by atoms with E-state index < -0.39 is 5.41 Å². The summed E-state index contributed by atoms with van der Waals surface area (Å²) in [6.45, 7) is 12.9. The van der Waals surface area contributed by atoms with E-state index in [0.29, 0.717) is 13.2 Å². The van der Waals surface area contributed by atoms with Crippen molar-refractivity contribution in [3.8, 4) is 0 Å². The fraction of sp³-hybridized carbons (Fsp3) is 0.733. The SMILES string of the molecule is C=CC(=O)N(CCC)CCCCOC(=O)C(C)(C)C. The van der Waals surface area contributed by atoms with Gasteiger partial charge in [0.15, 0.2) is 0 Å². The van der Waals surface area contributed by atoms with Crippen LogP contribution in [0.4, 0.5) is 0 Å². The lowest BCUT2D eigenvalue weighted by Gasteiger charge is -2.20. The van der Waals surface area contributed by atoms with E-state index in [2.05, 4.69) is 6.58 Å². The van der Waals surface area contributed by atoms with Gasteiger partial charge in [0.05, 0.1) is 12.0 Å². The number of ether oxygens (including phenoxy) is 1. The van der Waals surface area contributed by atoms with Gasteiger partial charge < -0.3 is 9.64 Å². The summed E-state index contributed by atoms with van der Waals surface area (Å²) >= 11 is 0. The molecule has 0 atom stereocenters. The van der Waals surface area contributed by atoms with Gasteiger partial charge in [-0.1, -0.05) is 13.5 Å². The summed E-state index contributed by atoms with van der Waals surface area (Å²) in [6, 6.07) is 0. The number of esters is 1. The van der Waals surface area contributed by atoms with E-state index in [-0.39, 0.29) is 11.9 Å². The van der Waals surface area contributed by atoms with Gasteiger partial charge in [0.1, 0.15) is 0 Å². The molecule has 110 valence electrons. The minimum absolute atomic E-state index is 0.0338. The highest BCUT2D eigenvalue weighted by Gasteiger charge is 2.22. The van der Waals surface area contributed by atoms with Crippen LogP contribution in [0, 0.1) is 5.41 Å². The minimum atomic E-state index is -0.451. The van der Waals surface area contributed by atoms with Crippen LogP contribution in [-0.4, -0.2) is 36.5 Å². The topological polar surface area (TPSA) is 46.6 Å². The van der Waals surface area contributed by atoms with Crippen LogP contribution in [0.3, 0.4) is 0 Å². The molecule has 0 aliphatic rings. The molecule has 19 heavy (non-hydrogen) atoms. The molecule has 4 heteroatoms. The Morgan fingerprint density at radius 1 is 1.21 bits per heavy atom. The Kier molecular flexibility index (Phi) is 8.12. The van der Waals surface area contributed by atoms with Gasteiger partial charge >= 0.3 is 5.97 Å². The van der Waals surface area contributed by atoms with Gasteiger partial charge in [-0.15, -0.1) is 0 Å². The molecule has 0 unspecified atom stereocenters. The van der Waals surface area contributed by atoms with Crippen molar-refractivity contribution in [2.24, 2.45) is 5.41 Å². The highest BCUT2D eigenvalue weighted by molar-refractivity contribution is 5.86. The first-order valence-corrected chi connectivity index (χ1v) is 6.91. The summed E-state index contributed by atoms with van der Waals surface area (Å²) < 4.78 is 5.17. The lowest BCUT2D eigenvalue weighted by Crippen LogP contribution is -2.31. The van der Waals surface area contributed by atoms with Crippen LogP contribution in [0.1, 0.15) is 47.0 Å². The molecule has 0 aliphatic heterocycles. The van der Waals surface area contributed by atoms with E-state index in [1.807, 2.05) is 27.7 Å². The normalized spacial score (nSPS) is 10.9. The Balaban J connectivity index is 3.86. The molecule has 0 aliphatic carbocycles. The van der Waals surface area contributed by atoms with Crippen molar-refractivity contribution < 1.29 is 14.3 Å². The first-order chi connectivity index (χ1) is 8.82. The molecular weight excluding hydrogens is 242 g/mol. The Morgan fingerprint density at radius 2 is 1.84 bits per heavy atom. The fourth-order valence-electron chi connectivity index (χ4n) is 1.52. The molecule has 0 radical (unpaired) electrons. The standard InChI is InChI=1S/C15H27NO3/c1-6-10-16(13(17)7-2)11-8-9-12-19-14(18)15(3,4)5/h7H,2,6,8-12H2,1,3-5H3. The summed E-state index contributed by atoms with van der Waals surface area (Å²) in [5.74, 6) is -0.214.